The highest BCUT2D eigenvalue weighted by atomic mass is 79.9. The van der Waals surface area contributed by atoms with Crippen molar-refractivity contribution in [1.29, 1.82) is 0 Å². The van der Waals surface area contributed by atoms with Gasteiger partial charge in [-0.15, -0.1) is 0 Å². The maximum absolute atomic E-state index is 12.9. The van der Waals surface area contributed by atoms with Gasteiger partial charge in [0, 0.05) is 23.2 Å². The first-order valence-electron chi connectivity index (χ1n) is 9.61. The third-order valence-corrected chi connectivity index (χ3v) is 5.24. The molecule has 5 nitrogen and oxygen atoms in total. The van der Waals surface area contributed by atoms with Crippen molar-refractivity contribution in [3.8, 4) is 0 Å². The van der Waals surface area contributed by atoms with Crippen molar-refractivity contribution in [1.82, 2.24) is 4.90 Å². The van der Waals surface area contributed by atoms with Crippen LogP contribution in [0.5, 0.6) is 0 Å². The predicted octanol–water partition coefficient (Wildman–Crippen LogP) is 4.69. The highest BCUT2D eigenvalue weighted by Gasteiger charge is 2.45. The second-order valence-corrected chi connectivity index (χ2v) is 8.10. The molecular formula is C23H24BrNO4. The van der Waals surface area contributed by atoms with Gasteiger partial charge < -0.3 is 14.7 Å². The SMILES string of the molecule is CC(C)OCCCN1C(=O)C(=O)C(=C(O)c2ccccc2)[C@H]1c1cccc(Br)c1. The molecule has 0 bridgehead atoms. The summed E-state index contributed by atoms with van der Waals surface area (Å²) in [4.78, 5) is 27.2. The van der Waals surface area contributed by atoms with E-state index < -0.39 is 17.7 Å². The van der Waals surface area contributed by atoms with E-state index in [4.69, 9.17) is 4.74 Å². The molecule has 1 atom stereocenters. The Hall–Kier alpha value is -2.44. The van der Waals surface area contributed by atoms with Gasteiger partial charge in [0.05, 0.1) is 17.7 Å². The van der Waals surface area contributed by atoms with Crippen LogP contribution in [0, 0.1) is 0 Å². The minimum atomic E-state index is -0.666. The van der Waals surface area contributed by atoms with Gasteiger partial charge >= 0.3 is 0 Å². The van der Waals surface area contributed by atoms with E-state index in [-0.39, 0.29) is 17.4 Å². The number of amides is 1. The molecule has 152 valence electrons. The summed E-state index contributed by atoms with van der Waals surface area (Å²) >= 11 is 3.45. The van der Waals surface area contributed by atoms with Crippen LogP contribution in [0.15, 0.2) is 64.6 Å². The number of aliphatic hydroxyl groups excluding tert-OH is 1. The molecule has 1 saturated heterocycles. The lowest BCUT2D eigenvalue weighted by atomic mass is 9.95. The van der Waals surface area contributed by atoms with Crippen molar-refractivity contribution in [2.45, 2.75) is 32.4 Å². The summed E-state index contributed by atoms with van der Waals surface area (Å²) in [6.45, 7) is 4.76. The number of hydrogen-bond donors (Lipinski definition) is 1. The number of rotatable bonds is 7. The number of likely N-dealkylation sites (tertiary alicyclic amines) is 1. The minimum absolute atomic E-state index is 0.101. The zero-order valence-electron chi connectivity index (χ0n) is 16.5. The number of carbonyl (C=O) groups is 2. The van der Waals surface area contributed by atoms with E-state index in [0.717, 1.165) is 10.0 Å². The topological polar surface area (TPSA) is 66.8 Å². The number of Topliss-reactive ketones (excluding diaryl/α,β-unsaturated/α-hetero) is 1. The van der Waals surface area contributed by atoms with E-state index in [9.17, 15) is 14.7 Å². The van der Waals surface area contributed by atoms with Gasteiger partial charge in [-0.05, 0) is 38.0 Å². The van der Waals surface area contributed by atoms with Gasteiger partial charge in [0.15, 0.2) is 0 Å². The first kappa shape index (κ1) is 21.3. The second-order valence-electron chi connectivity index (χ2n) is 7.19. The first-order valence-corrected chi connectivity index (χ1v) is 10.4. The number of halogens is 1. The molecule has 1 amide bonds. The summed E-state index contributed by atoms with van der Waals surface area (Å²) in [5, 5.41) is 10.9. The van der Waals surface area contributed by atoms with Gasteiger partial charge in [-0.3, -0.25) is 9.59 Å². The number of ketones is 1. The lowest BCUT2D eigenvalue weighted by Gasteiger charge is -2.25. The fraction of sp³-hybridized carbons (Fsp3) is 0.304. The molecule has 0 aliphatic carbocycles. The zero-order chi connectivity index (χ0) is 21.0. The van der Waals surface area contributed by atoms with Crippen molar-refractivity contribution in [3.05, 3.63) is 75.8 Å². The van der Waals surface area contributed by atoms with Gasteiger partial charge in [0.25, 0.3) is 11.7 Å². The summed E-state index contributed by atoms with van der Waals surface area (Å²) in [6.07, 6.45) is 0.700. The van der Waals surface area contributed by atoms with Crippen LogP contribution in [0.2, 0.25) is 0 Å². The Bertz CT molecular complexity index is 923. The molecule has 2 aromatic rings. The van der Waals surface area contributed by atoms with E-state index in [1.165, 1.54) is 4.90 Å². The Labute approximate surface area is 179 Å². The molecule has 0 saturated carbocycles. The molecule has 0 aromatic heterocycles. The van der Waals surface area contributed by atoms with Crippen LogP contribution in [0.3, 0.4) is 0 Å². The Morgan fingerprint density at radius 3 is 2.52 bits per heavy atom. The minimum Gasteiger partial charge on any atom is -0.507 e. The molecule has 2 aromatic carbocycles. The predicted molar refractivity (Wildman–Crippen MR) is 115 cm³/mol. The van der Waals surface area contributed by atoms with E-state index in [1.807, 2.05) is 44.2 Å². The fourth-order valence-corrected chi connectivity index (χ4v) is 3.86. The Kier molecular flexibility index (Phi) is 6.87. The van der Waals surface area contributed by atoms with Crippen LogP contribution in [-0.2, 0) is 14.3 Å². The molecule has 0 radical (unpaired) electrons. The molecular weight excluding hydrogens is 434 g/mol. The average Bonchev–Trinajstić information content (AvgIpc) is 2.96. The molecule has 1 aliphatic rings. The van der Waals surface area contributed by atoms with Gasteiger partial charge in [-0.25, -0.2) is 0 Å². The third-order valence-electron chi connectivity index (χ3n) is 4.75. The van der Waals surface area contributed by atoms with Gasteiger partial charge in [-0.1, -0.05) is 58.4 Å². The van der Waals surface area contributed by atoms with Crippen molar-refractivity contribution < 1.29 is 19.4 Å². The van der Waals surface area contributed by atoms with Gasteiger partial charge in [0.1, 0.15) is 5.76 Å². The summed E-state index contributed by atoms with van der Waals surface area (Å²) < 4.78 is 6.41. The number of nitrogens with zero attached hydrogens (tertiary/aromatic N) is 1. The number of benzene rings is 2. The standard InChI is InChI=1S/C23H24BrNO4/c1-15(2)29-13-7-12-25-20(17-10-6-11-18(24)14-17)19(22(27)23(25)28)21(26)16-8-4-3-5-9-16/h3-6,8-11,14-15,20,26H,7,12-13H2,1-2H3/t20-/m1/s1. The summed E-state index contributed by atoms with van der Waals surface area (Å²) in [5.74, 6) is -1.42. The number of hydrogen-bond acceptors (Lipinski definition) is 4. The third kappa shape index (κ3) is 4.77. The van der Waals surface area contributed by atoms with Crippen molar-refractivity contribution >= 4 is 33.4 Å². The molecule has 1 fully saturated rings. The smallest absolute Gasteiger partial charge is 0.295 e. The second kappa shape index (κ2) is 9.37. The monoisotopic (exact) mass is 457 g/mol. The van der Waals surface area contributed by atoms with Crippen LogP contribution < -0.4 is 0 Å². The lowest BCUT2D eigenvalue weighted by molar-refractivity contribution is -0.140. The molecule has 1 aliphatic heterocycles. The summed E-state index contributed by atoms with van der Waals surface area (Å²) in [7, 11) is 0. The van der Waals surface area contributed by atoms with E-state index >= 15 is 0 Å². The number of carbonyl (C=O) groups excluding carboxylic acids is 2. The molecule has 6 heteroatoms. The average molecular weight is 458 g/mol. The first-order chi connectivity index (χ1) is 13.9. The summed E-state index contributed by atoms with van der Waals surface area (Å²) in [5.41, 5.74) is 1.39. The Morgan fingerprint density at radius 2 is 1.86 bits per heavy atom. The Balaban J connectivity index is 2.02. The van der Waals surface area contributed by atoms with Crippen LogP contribution in [0.25, 0.3) is 5.76 Å². The maximum atomic E-state index is 12.9. The number of aliphatic hydroxyl groups is 1. The van der Waals surface area contributed by atoms with Crippen LogP contribution in [0.4, 0.5) is 0 Å². The van der Waals surface area contributed by atoms with E-state index in [2.05, 4.69) is 15.9 Å². The highest BCUT2D eigenvalue weighted by molar-refractivity contribution is 9.10. The molecule has 1 N–H and O–H groups in total. The summed E-state index contributed by atoms with van der Waals surface area (Å²) in [6, 6.07) is 15.6. The largest absolute Gasteiger partial charge is 0.507 e. The quantitative estimate of drug-likeness (QED) is 0.283. The molecule has 3 rings (SSSR count). The molecule has 29 heavy (non-hydrogen) atoms. The van der Waals surface area contributed by atoms with E-state index in [1.54, 1.807) is 24.3 Å². The van der Waals surface area contributed by atoms with Crippen LogP contribution in [-0.4, -0.2) is 41.0 Å². The van der Waals surface area contributed by atoms with Gasteiger partial charge in [-0.2, -0.15) is 0 Å². The van der Waals surface area contributed by atoms with Crippen LogP contribution >= 0.6 is 15.9 Å². The van der Waals surface area contributed by atoms with Crippen LogP contribution in [0.1, 0.15) is 37.4 Å². The number of ether oxygens (including phenoxy) is 1. The lowest BCUT2D eigenvalue weighted by Crippen LogP contribution is -2.31. The maximum Gasteiger partial charge on any atom is 0.295 e. The zero-order valence-corrected chi connectivity index (χ0v) is 18.1. The van der Waals surface area contributed by atoms with Gasteiger partial charge in [0.2, 0.25) is 0 Å². The molecule has 0 spiro atoms. The van der Waals surface area contributed by atoms with Crippen molar-refractivity contribution in [2.75, 3.05) is 13.2 Å². The normalized spacial score (nSPS) is 18.6. The Morgan fingerprint density at radius 1 is 1.14 bits per heavy atom. The fourth-order valence-electron chi connectivity index (χ4n) is 3.44. The highest BCUT2D eigenvalue weighted by Crippen LogP contribution is 2.40. The van der Waals surface area contributed by atoms with Crippen molar-refractivity contribution in [2.24, 2.45) is 0 Å². The van der Waals surface area contributed by atoms with Crippen molar-refractivity contribution in [3.63, 3.8) is 0 Å². The van der Waals surface area contributed by atoms with E-state index in [0.29, 0.717) is 25.1 Å². The molecule has 1 heterocycles. The molecule has 0 unspecified atom stereocenters.